The number of benzene rings is 1. The van der Waals surface area contributed by atoms with E-state index in [4.69, 9.17) is 9.15 Å². The first-order chi connectivity index (χ1) is 16.5. The second-order valence-electron chi connectivity index (χ2n) is 8.33. The molecule has 34 heavy (non-hydrogen) atoms. The monoisotopic (exact) mass is 496 g/mol. The van der Waals surface area contributed by atoms with E-state index in [0.29, 0.717) is 25.2 Å². The van der Waals surface area contributed by atoms with Crippen LogP contribution in [0.15, 0.2) is 39.5 Å². The summed E-state index contributed by atoms with van der Waals surface area (Å²) in [5.74, 6) is -0.619. The van der Waals surface area contributed by atoms with Crippen LogP contribution in [0.4, 0.5) is 0 Å². The maximum Gasteiger partial charge on any atom is 0.419 e. The van der Waals surface area contributed by atoms with E-state index in [1.165, 1.54) is 4.57 Å². The van der Waals surface area contributed by atoms with Crippen LogP contribution in [-0.2, 0) is 23.0 Å². The normalized spacial score (nSPS) is 17.8. The summed E-state index contributed by atoms with van der Waals surface area (Å²) in [7, 11) is 1.70. The highest BCUT2D eigenvalue weighted by Gasteiger charge is 2.23. The van der Waals surface area contributed by atoms with Crippen molar-refractivity contribution in [3.8, 4) is 16.5 Å². The first-order valence-electron chi connectivity index (χ1n) is 11.2. The first-order valence-corrected chi connectivity index (χ1v) is 12.8. The zero-order valence-electron chi connectivity index (χ0n) is 18.6. The molecule has 5 rings (SSSR count). The van der Waals surface area contributed by atoms with Gasteiger partial charge in [-0.2, -0.15) is 5.26 Å². The minimum atomic E-state index is -0.612. The van der Waals surface area contributed by atoms with Crippen LogP contribution in [-0.4, -0.2) is 42.3 Å². The third-order valence-electron chi connectivity index (χ3n) is 5.90. The molecular weight excluding hydrogens is 472 g/mol. The van der Waals surface area contributed by atoms with Gasteiger partial charge in [-0.3, -0.25) is 9.36 Å². The van der Waals surface area contributed by atoms with Crippen molar-refractivity contribution in [1.29, 1.82) is 5.26 Å². The lowest BCUT2D eigenvalue weighted by molar-refractivity contribution is -0.133. The Morgan fingerprint density at radius 2 is 2.15 bits per heavy atom. The van der Waals surface area contributed by atoms with Crippen molar-refractivity contribution in [3.05, 3.63) is 45.8 Å². The maximum atomic E-state index is 12.6. The number of fused-ring (bicyclic) bond motifs is 2. The van der Waals surface area contributed by atoms with Crippen LogP contribution in [0.5, 0.6) is 0 Å². The number of hydrogen-bond acceptors (Lipinski definition) is 8. The van der Waals surface area contributed by atoms with Gasteiger partial charge in [0.05, 0.1) is 11.6 Å². The van der Waals surface area contributed by atoms with E-state index in [1.54, 1.807) is 29.7 Å². The Balaban J connectivity index is 1.29. The number of nitrogens with zero attached hydrogens (tertiary/aromatic N) is 2. The minimum Gasteiger partial charge on any atom is -0.408 e. The summed E-state index contributed by atoms with van der Waals surface area (Å²) in [4.78, 5) is 26.5. The molecule has 0 unspecified atom stereocenters. The fraction of sp³-hybridized carbons (Fsp3) is 0.375. The number of thiophene rings is 2. The van der Waals surface area contributed by atoms with E-state index >= 15 is 0 Å². The Bertz CT molecular complexity index is 1400. The molecule has 4 heterocycles. The molecule has 10 heteroatoms. The van der Waals surface area contributed by atoms with Crippen molar-refractivity contribution in [2.45, 2.75) is 31.4 Å². The molecule has 1 aliphatic heterocycles. The van der Waals surface area contributed by atoms with Gasteiger partial charge in [-0.1, -0.05) is 0 Å². The van der Waals surface area contributed by atoms with Crippen molar-refractivity contribution in [3.63, 3.8) is 0 Å². The van der Waals surface area contributed by atoms with E-state index in [9.17, 15) is 14.9 Å². The van der Waals surface area contributed by atoms with Crippen LogP contribution in [0, 0.1) is 11.3 Å². The summed E-state index contributed by atoms with van der Waals surface area (Å²) >= 11 is 3.29. The second kappa shape index (κ2) is 9.72. The van der Waals surface area contributed by atoms with Crippen LogP contribution in [0.1, 0.15) is 17.7 Å². The van der Waals surface area contributed by atoms with Crippen LogP contribution in [0.3, 0.4) is 0 Å². The zero-order chi connectivity index (χ0) is 23.7. The van der Waals surface area contributed by atoms with Gasteiger partial charge in [0, 0.05) is 45.8 Å². The quantitative estimate of drug-likeness (QED) is 0.438. The van der Waals surface area contributed by atoms with Gasteiger partial charge in [0.15, 0.2) is 5.58 Å². The number of hydrogen-bond donors (Lipinski definition) is 2. The van der Waals surface area contributed by atoms with Crippen LogP contribution >= 0.6 is 22.7 Å². The second-order valence-corrected chi connectivity index (χ2v) is 10.6. The van der Waals surface area contributed by atoms with E-state index < -0.39 is 12.1 Å². The lowest BCUT2D eigenvalue weighted by Gasteiger charge is -2.22. The van der Waals surface area contributed by atoms with E-state index in [0.717, 1.165) is 49.6 Å². The molecule has 4 aromatic rings. The maximum absolute atomic E-state index is 12.6. The van der Waals surface area contributed by atoms with Gasteiger partial charge < -0.3 is 19.8 Å². The zero-order valence-corrected chi connectivity index (χ0v) is 20.3. The average Bonchev–Trinajstić information content (AvgIpc) is 3.44. The van der Waals surface area contributed by atoms with E-state index in [1.807, 2.05) is 18.2 Å². The fourth-order valence-corrected chi connectivity index (χ4v) is 6.51. The standard InChI is InChI=1S/C24H24N4O4S2/c1-28-17-8-14(4-5-18(17)32-24(28)30)20-11-22-21(34-20)10-16(33-22)9-15(12-25)27-23(29)19-13-26-6-2-3-7-31-19/h4-5,8,10-11,15,19,26H,2-3,6-7,9,13H2,1H3,(H,27,29)/t15-,19-/m0/s1. The molecule has 1 saturated heterocycles. The third kappa shape index (κ3) is 4.65. The Kier molecular flexibility index (Phi) is 6.52. The molecule has 0 saturated carbocycles. The average molecular weight is 497 g/mol. The summed E-state index contributed by atoms with van der Waals surface area (Å²) < 4.78 is 14.6. The smallest absolute Gasteiger partial charge is 0.408 e. The third-order valence-corrected chi connectivity index (χ3v) is 8.27. The van der Waals surface area contributed by atoms with Gasteiger partial charge in [-0.25, -0.2) is 4.79 Å². The van der Waals surface area contributed by atoms with Crippen molar-refractivity contribution in [2.75, 3.05) is 19.7 Å². The highest BCUT2D eigenvalue weighted by Crippen LogP contribution is 2.39. The van der Waals surface area contributed by atoms with Gasteiger partial charge >= 0.3 is 5.76 Å². The molecule has 1 amide bonds. The Hall–Kier alpha value is -2.97. The molecule has 1 fully saturated rings. The molecule has 2 N–H and O–H groups in total. The summed E-state index contributed by atoms with van der Waals surface area (Å²) in [6.45, 7) is 1.89. The fourth-order valence-electron chi connectivity index (χ4n) is 4.04. The number of aromatic nitrogens is 1. The summed E-state index contributed by atoms with van der Waals surface area (Å²) in [6.07, 6.45) is 1.83. The van der Waals surface area contributed by atoms with Crippen molar-refractivity contribution < 1.29 is 13.9 Å². The number of nitriles is 1. The highest BCUT2D eigenvalue weighted by atomic mass is 32.1. The molecule has 0 bridgehead atoms. The molecule has 0 aliphatic carbocycles. The van der Waals surface area contributed by atoms with Crippen molar-refractivity contribution >= 4 is 49.1 Å². The molecule has 8 nitrogen and oxygen atoms in total. The lowest BCUT2D eigenvalue weighted by atomic mass is 10.1. The number of carbonyl (C=O) groups is 1. The predicted molar refractivity (Wildman–Crippen MR) is 133 cm³/mol. The first kappa shape index (κ1) is 22.8. The lowest BCUT2D eigenvalue weighted by Crippen LogP contribution is -2.47. The Morgan fingerprint density at radius 3 is 2.97 bits per heavy atom. The van der Waals surface area contributed by atoms with E-state index in [-0.39, 0.29) is 11.7 Å². The van der Waals surface area contributed by atoms with Crippen LogP contribution < -0.4 is 16.4 Å². The number of carbonyl (C=O) groups excluding carboxylic acids is 1. The number of nitrogens with one attached hydrogen (secondary N) is 2. The molecular formula is C24H24N4O4S2. The SMILES string of the molecule is Cn1c(=O)oc2ccc(-c3cc4sc(C[C@@H](C#N)NC(=O)[C@@H]5CNCCCCO5)cc4s3)cc21. The minimum absolute atomic E-state index is 0.245. The summed E-state index contributed by atoms with van der Waals surface area (Å²) in [6, 6.07) is 11.6. The Morgan fingerprint density at radius 1 is 1.29 bits per heavy atom. The molecule has 3 aromatic heterocycles. The van der Waals surface area contributed by atoms with Gasteiger partial charge in [-0.15, -0.1) is 22.7 Å². The molecule has 1 aromatic carbocycles. The molecule has 0 spiro atoms. The molecule has 0 radical (unpaired) electrons. The largest absolute Gasteiger partial charge is 0.419 e. The van der Waals surface area contributed by atoms with Gasteiger partial charge in [-0.05, 0) is 55.3 Å². The summed E-state index contributed by atoms with van der Waals surface area (Å²) in [5.41, 5.74) is 2.35. The number of ether oxygens (including phenoxy) is 1. The molecule has 176 valence electrons. The predicted octanol–water partition coefficient (Wildman–Crippen LogP) is 3.39. The molecule has 1 aliphatic rings. The van der Waals surface area contributed by atoms with Crippen LogP contribution in [0.25, 0.3) is 30.9 Å². The number of rotatable bonds is 5. The number of amides is 1. The van der Waals surface area contributed by atoms with Gasteiger partial charge in [0.25, 0.3) is 5.91 Å². The van der Waals surface area contributed by atoms with Crippen molar-refractivity contribution in [1.82, 2.24) is 15.2 Å². The molecule has 2 atom stereocenters. The Labute approximate surface area is 203 Å². The van der Waals surface area contributed by atoms with Gasteiger partial charge in [0.2, 0.25) is 0 Å². The summed E-state index contributed by atoms with van der Waals surface area (Å²) in [5, 5.41) is 15.7. The number of aryl methyl sites for hydroxylation is 1. The highest BCUT2D eigenvalue weighted by molar-refractivity contribution is 7.29. The van der Waals surface area contributed by atoms with Crippen LogP contribution in [0.2, 0.25) is 0 Å². The topological polar surface area (TPSA) is 109 Å². The van der Waals surface area contributed by atoms with Gasteiger partial charge in [0.1, 0.15) is 12.1 Å². The van der Waals surface area contributed by atoms with E-state index in [2.05, 4.69) is 28.8 Å². The number of oxazole rings is 1. The van der Waals surface area contributed by atoms with Crippen molar-refractivity contribution in [2.24, 2.45) is 7.05 Å².